The van der Waals surface area contributed by atoms with Gasteiger partial charge in [0.1, 0.15) is 17.2 Å². The topological polar surface area (TPSA) is 140 Å². The van der Waals surface area contributed by atoms with Crippen LogP contribution in [0.25, 0.3) is 0 Å². The van der Waals surface area contributed by atoms with Gasteiger partial charge in [0.2, 0.25) is 0 Å². The molecule has 0 spiro atoms. The molecular weight excluding hydrogens is 400 g/mol. The highest BCUT2D eigenvalue weighted by atomic mass is 32.2. The van der Waals surface area contributed by atoms with Crippen LogP contribution in [-0.4, -0.2) is 53.9 Å². The number of carbonyl (C=O) groups is 1. The Hall–Kier alpha value is -1.98. The Kier molecular flexibility index (Phi) is 7.07. The van der Waals surface area contributed by atoms with Gasteiger partial charge in [0, 0.05) is 23.2 Å². The molecule has 0 saturated heterocycles. The van der Waals surface area contributed by atoms with Crippen molar-refractivity contribution in [2.45, 2.75) is 72.1 Å². The number of hydrogen-bond donors (Lipinski definition) is 3. The maximum atomic E-state index is 11.9. The zero-order chi connectivity index (χ0) is 22.0. The molecule has 11 heteroatoms. The minimum Gasteiger partial charge on any atom is -0.443 e. The summed E-state index contributed by atoms with van der Waals surface area (Å²) < 4.78 is 35.3. The second kappa shape index (κ2) is 8.80. The molecule has 0 radical (unpaired) electrons. The molecule has 1 saturated carbocycles. The summed E-state index contributed by atoms with van der Waals surface area (Å²) in [6.45, 7) is 10.2. The molecule has 10 nitrogen and oxygen atoms in total. The predicted octanol–water partition coefficient (Wildman–Crippen LogP) is 1.74. The Morgan fingerprint density at radius 1 is 1.21 bits per heavy atom. The van der Waals surface area contributed by atoms with Crippen LogP contribution in [0.2, 0.25) is 0 Å². The minimum atomic E-state index is -4.34. The Morgan fingerprint density at radius 2 is 1.86 bits per heavy atom. The Labute approximate surface area is 171 Å². The molecule has 0 bridgehead atoms. The lowest BCUT2D eigenvalue weighted by Gasteiger charge is -2.20. The van der Waals surface area contributed by atoms with Gasteiger partial charge >= 0.3 is 16.4 Å². The van der Waals surface area contributed by atoms with Crippen molar-refractivity contribution in [2.75, 3.05) is 11.9 Å². The van der Waals surface area contributed by atoms with E-state index in [0.717, 1.165) is 11.3 Å². The van der Waals surface area contributed by atoms with Crippen molar-refractivity contribution in [1.29, 1.82) is 0 Å². The molecular formula is C18H30N4O6S. The molecule has 0 aliphatic heterocycles. The molecule has 1 fully saturated rings. The number of aliphatic hydroxyl groups is 1. The van der Waals surface area contributed by atoms with Crippen molar-refractivity contribution in [3.63, 3.8) is 0 Å². The van der Waals surface area contributed by atoms with Gasteiger partial charge in [-0.2, -0.15) is 13.1 Å². The van der Waals surface area contributed by atoms with Gasteiger partial charge in [0.25, 0.3) is 0 Å². The van der Waals surface area contributed by atoms with Crippen LogP contribution in [0, 0.1) is 26.7 Å². The van der Waals surface area contributed by atoms with Crippen LogP contribution in [0.1, 0.15) is 50.7 Å². The summed E-state index contributed by atoms with van der Waals surface area (Å²) in [5.74, 6) is 0.938. The predicted molar refractivity (Wildman–Crippen MR) is 107 cm³/mol. The number of amides is 1. The average Bonchev–Trinajstić information content (AvgIpc) is 2.87. The normalized spacial score (nSPS) is 22.4. The van der Waals surface area contributed by atoms with Crippen molar-refractivity contribution >= 4 is 22.2 Å². The number of aliphatic hydroxyl groups excluding tert-OH is 1. The SMILES string of the molecule is Cc1nc(C)c(C)c(N[C@@H]2C[C@@H](COS(=O)(=O)NC(=O)OC(C)(C)C)[C@@H](O)C2)n1. The summed E-state index contributed by atoms with van der Waals surface area (Å²) in [6, 6.07) is -0.0903. The van der Waals surface area contributed by atoms with Crippen molar-refractivity contribution in [3.8, 4) is 0 Å². The summed E-state index contributed by atoms with van der Waals surface area (Å²) in [4.78, 5) is 20.3. The monoisotopic (exact) mass is 430 g/mol. The highest BCUT2D eigenvalue weighted by Gasteiger charge is 2.35. The van der Waals surface area contributed by atoms with Crippen LogP contribution in [0.4, 0.5) is 10.6 Å². The highest BCUT2D eigenvalue weighted by molar-refractivity contribution is 7.85. The van der Waals surface area contributed by atoms with Crippen molar-refractivity contribution < 1.29 is 27.2 Å². The molecule has 29 heavy (non-hydrogen) atoms. The van der Waals surface area contributed by atoms with E-state index in [2.05, 4.69) is 15.3 Å². The summed E-state index contributed by atoms with van der Waals surface area (Å²) in [7, 11) is -4.34. The second-order valence-corrected chi connectivity index (χ2v) is 9.66. The Balaban J connectivity index is 1.91. The van der Waals surface area contributed by atoms with E-state index in [9.17, 15) is 18.3 Å². The summed E-state index contributed by atoms with van der Waals surface area (Å²) in [5.41, 5.74) is 0.961. The van der Waals surface area contributed by atoms with Crippen LogP contribution in [0.15, 0.2) is 0 Å². The van der Waals surface area contributed by atoms with Crippen molar-refractivity contribution in [2.24, 2.45) is 5.92 Å². The van der Waals surface area contributed by atoms with Gasteiger partial charge < -0.3 is 15.2 Å². The summed E-state index contributed by atoms with van der Waals surface area (Å²) >= 11 is 0. The van der Waals surface area contributed by atoms with Gasteiger partial charge in [0.05, 0.1) is 12.7 Å². The summed E-state index contributed by atoms with van der Waals surface area (Å²) in [6.07, 6.45) is -0.942. The molecule has 3 N–H and O–H groups in total. The molecule has 164 valence electrons. The minimum absolute atomic E-state index is 0.0903. The lowest BCUT2D eigenvalue weighted by atomic mass is 10.1. The van der Waals surface area contributed by atoms with Gasteiger partial charge in [-0.1, -0.05) is 0 Å². The van der Waals surface area contributed by atoms with Gasteiger partial charge in [-0.3, -0.25) is 4.18 Å². The quantitative estimate of drug-likeness (QED) is 0.615. The molecule has 1 amide bonds. The number of aromatic nitrogens is 2. The zero-order valence-corrected chi connectivity index (χ0v) is 18.5. The fourth-order valence-corrected chi connectivity index (χ4v) is 3.77. The van der Waals surface area contributed by atoms with Crippen LogP contribution in [0.3, 0.4) is 0 Å². The van der Waals surface area contributed by atoms with Gasteiger partial charge in [-0.05, 0) is 54.4 Å². The van der Waals surface area contributed by atoms with Crippen molar-refractivity contribution in [1.82, 2.24) is 14.7 Å². The van der Waals surface area contributed by atoms with E-state index < -0.39 is 34.0 Å². The van der Waals surface area contributed by atoms with E-state index in [1.165, 1.54) is 0 Å². The van der Waals surface area contributed by atoms with Gasteiger partial charge in [-0.15, -0.1) is 0 Å². The van der Waals surface area contributed by atoms with Crippen LogP contribution < -0.4 is 10.0 Å². The van der Waals surface area contributed by atoms with Crippen LogP contribution in [-0.2, 0) is 19.2 Å². The molecule has 1 aromatic heterocycles. The number of nitrogens with zero attached hydrogens (tertiary/aromatic N) is 2. The largest absolute Gasteiger partial charge is 0.443 e. The molecule has 1 heterocycles. The van der Waals surface area contributed by atoms with E-state index in [4.69, 9.17) is 8.92 Å². The van der Waals surface area contributed by atoms with E-state index in [1.54, 1.807) is 32.4 Å². The first-order valence-electron chi connectivity index (χ1n) is 9.42. The number of ether oxygens (including phenoxy) is 1. The molecule has 2 rings (SSSR count). The zero-order valence-electron chi connectivity index (χ0n) is 17.6. The third-order valence-corrected chi connectivity index (χ3v) is 5.41. The maximum absolute atomic E-state index is 11.9. The smallest absolute Gasteiger partial charge is 0.423 e. The van der Waals surface area contributed by atoms with Gasteiger partial charge in [-0.25, -0.2) is 14.8 Å². The summed E-state index contributed by atoms with van der Waals surface area (Å²) in [5, 5.41) is 13.6. The third kappa shape index (κ3) is 7.09. The van der Waals surface area contributed by atoms with E-state index in [1.807, 2.05) is 13.8 Å². The lowest BCUT2D eigenvalue weighted by molar-refractivity contribution is 0.0559. The Morgan fingerprint density at radius 3 is 2.48 bits per heavy atom. The number of anilines is 1. The lowest BCUT2D eigenvalue weighted by Crippen LogP contribution is -2.38. The standard InChI is InChI=1S/C18H30N4O6S/c1-10-11(2)19-12(3)20-16(10)21-14-7-13(15(23)8-14)9-27-29(25,26)22-17(24)28-18(4,5)6/h13-15,23H,7-9H2,1-6H3,(H,22,24)(H,19,20,21)/t13-,14+,15-/m0/s1. The van der Waals surface area contributed by atoms with E-state index >= 15 is 0 Å². The van der Waals surface area contributed by atoms with Gasteiger partial charge in [0.15, 0.2) is 0 Å². The first-order valence-corrected chi connectivity index (χ1v) is 10.8. The first kappa shape index (κ1) is 23.3. The van der Waals surface area contributed by atoms with Crippen molar-refractivity contribution in [3.05, 3.63) is 17.1 Å². The maximum Gasteiger partial charge on any atom is 0.423 e. The Bertz CT molecular complexity index is 853. The molecule has 0 aromatic carbocycles. The highest BCUT2D eigenvalue weighted by Crippen LogP contribution is 2.30. The van der Waals surface area contributed by atoms with Crippen LogP contribution in [0.5, 0.6) is 0 Å². The fraction of sp³-hybridized carbons (Fsp3) is 0.722. The number of hydrogen-bond acceptors (Lipinski definition) is 9. The molecule has 1 aliphatic carbocycles. The van der Waals surface area contributed by atoms with E-state index in [0.29, 0.717) is 24.5 Å². The first-order chi connectivity index (χ1) is 13.3. The molecule has 0 unspecified atom stereocenters. The third-order valence-electron chi connectivity index (χ3n) is 4.54. The number of rotatable bonds is 6. The number of aryl methyl sites for hydroxylation is 2. The van der Waals surface area contributed by atoms with Crippen LogP contribution >= 0.6 is 0 Å². The number of nitrogens with one attached hydrogen (secondary N) is 2. The number of carbonyl (C=O) groups excluding carboxylic acids is 1. The second-order valence-electron chi connectivity index (χ2n) is 8.31. The molecule has 3 atom stereocenters. The van der Waals surface area contributed by atoms with E-state index in [-0.39, 0.29) is 12.6 Å². The molecule has 1 aliphatic rings. The molecule has 1 aromatic rings. The fourth-order valence-electron chi connectivity index (χ4n) is 3.11. The average molecular weight is 431 g/mol.